The number of rotatable bonds is 8. The van der Waals surface area contributed by atoms with E-state index in [1.807, 2.05) is 24.3 Å². The zero-order chi connectivity index (χ0) is 17.9. The Bertz CT molecular complexity index is 599. The molecule has 0 saturated carbocycles. The second-order valence-corrected chi connectivity index (χ2v) is 5.77. The van der Waals surface area contributed by atoms with Crippen LogP contribution < -0.4 is 5.32 Å². The molecule has 0 saturated heterocycles. The van der Waals surface area contributed by atoms with E-state index >= 15 is 0 Å². The van der Waals surface area contributed by atoms with Crippen LogP contribution in [0, 0.1) is 0 Å². The van der Waals surface area contributed by atoms with Gasteiger partial charge in [0.1, 0.15) is 0 Å². The summed E-state index contributed by atoms with van der Waals surface area (Å²) in [5.74, 6) is -1.26. The number of carbonyl (C=O) groups excluding carboxylic acids is 3. The standard InChI is InChI=1S/C17H21BrN2O4/c1-3-19-15(21)11-20(4-2)16(22)12-24-17(23)10-7-13-5-8-14(18)9-6-13/h5-10H,3-4,11-12H2,1-2H3,(H,19,21)/b10-7+. The number of amides is 2. The summed E-state index contributed by atoms with van der Waals surface area (Å²) in [6.45, 7) is 3.98. The van der Waals surface area contributed by atoms with Gasteiger partial charge in [-0.3, -0.25) is 9.59 Å². The molecule has 0 aromatic heterocycles. The van der Waals surface area contributed by atoms with Crippen LogP contribution in [0.3, 0.4) is 0 Å². The molecular weight excluding hydrogens is 376 g/mol. The van der Waals surface area contributed by atoms with Gasteiger partial charge in [0.15, 0.2) is 6.61 Å². The molecule has 0 spiro atoms. The number of ether oxygens (including phenoxy) is 1. The van der Waals surface area contributed by atoms with Crippen molar-refractivity contribution < 1.29 is 19.1 Å². The van der Waals surface area contributed by atoms with Crippen molar-refractivity contribution in [2.75, 3.05) is 26.2 Å². The molecule has 7 heteroatoms. The van der Waals surface area contributed by atoms with Crippen LogP contribution in [0.4, 0.5) is 0 Å². The first kappa shape index (κ1) is 19.9. The largest absolute Gasteiger partial charge is 0.452 e. The maximum Gasteiger partial charge on any atom is 0.331 e. The molecular formula is C17H21BrN2O4. The third-order valence-corrected chi connectivity index (χ3v) is 3.59. The maximum absolute atomic E-state index is 12.0. The van der Waals surface area contributed by atoms with Crippen LogP contribution in [0.15, 0.2) is 34.8 Å². The molecule has 0 aliphatic rings. The first-order valence-corrected chi connectivity index (χ1v) is 8.40. The molecule has 0 fully saturated rings. The minimum atomic E-state index is -0.611. The first-order valence-electron chi connectivity index (χ1n) is 7.61. The molecule has 24 heavy (non-hydrogen) atoms. The Morgan fingerprint density at radius 2 is 1.88 bits per heavy atom. The number of hydrogen-bond donors (Lipinski definition) is 1. The second-order valence-electron chi connectivity index (χ2n) is 4.85. The van der Waals surface area contributed by atoms with Crippen LogP contribution in [-0.2, 0) is 19.1 Å². The molecule has 0 aliphatic heterocycles. The molecule has 1 aromatic carbocycles. The van der Waals surface area contributed by atoms with Crippen LogP contribution >= 0.6 is 15.9 Å². The molecule has 130 valence electrons. The van der Waals surface area contributed by atoms with Crippen LogP contribution in [0.25, 0.3) is 6.08 Å². The van der Waals surface area contributed by atoms with E-state index in [0.29, 0.717) is 13.1 Å². The first-order chi connectivity index (χ1) is 11.5. The van der Waals surface area contributed by atoms with Crippen molar-refractivity contribution in [2.24, 2.45) is 0 Å². The number of benzene rings is 1. The summed E-state index contributed by atoms with van der Waals surface area (Å²) in [6.07, 6.45) is 2.86. The zero-order valence-corrected chi connectivity index (χ0v) is 15.3. The van der Waals surface area contributed by atoms with Crippen molar-refractivity contribution in [3.63, 3.8) is 0 Å². The minimum Gasteiger partial charge on any atom is -0.452 e. The Labute approximate surface area is 150 Å². The lowest BCUT2D eigenvalue weighted by atomic mass is 10.2. The van der Waals surface area contributed by atoms with Crippen molar-refractivity contribution in [3.8, 4) is 0 Å². The van der Waals surface area contributed by atoms with Crippen LogP contribution in [0.2, 0.25) is 0 Å². The lowest BCUT2D eigenvalue weighted by Gasteiger charge is -2.19. The average molecular weight is 397 g/mol. The fourth-order valence-electron chi connectivity index (χ4n) is 1.81. The highest BCUT2D eigenvalue weighted by atomic mass is 79.9. The number of likely N-dealkylation sites (N-methyl/N-ethyl adjacent to an activating group) is 2. The van der Waals surface area contributed by atoms with Gasteiger partial charge in [0, 0.05) is 23.6 Å². The molecule has 1 rings (SSSR count). The fraction of sp³-hybridized carbons (Fsp3) is 0.353. The smallest absolute Gasteiger partial charge is 0.331 e. The van der Waals surface area contributed by atoms with E-state index in [-0.39, 0.29) is 12.5 Å². The molecule has 0 bridgehead atoms. The van der Waals surface area contributed by atoms with Gasteiger partial charge in [-0.15, -0.1) is 0 Å². The second kappa shape index (κ2) is 10.6. The number of carbonyl (C=O) groups is 3. The average Bonchev–Trinajstić information content (AvgIpc) is 2.57. The Morgan fingerprint density at radius 1 is 1.21 bits per heavy atom. The van der Waals surface area contributed by atoms with Gasteiger partial charge in [-0.2, -0.15) is 0 Å². The van der Waals surface area contributed by atoms with Gasteiger partial charge in [-0.25, -0.2) is 4.79 Å². The highest BCUT2D eigenvalue weighted by Gasteiger charge is 2.16. The van der Waals surface area contributed by atoms with Gasteiger partial charge < -0.3 is 15.0 Å². The van der Waals surface area contributed by atoms with Crippen LogP contribution in [0.5, 0.6) is 0 Å². The van der Waals surface area contributed by atoms with Gasteiger partial charge >= 0.3 is 5.97 Å². The molecule has 0 unspecified atom stereocenters. The Balaban J connectivity index is 2.45. The highest BCUT2D eigenvalue weighted by Crippen LogP contribution is 2.11. The molecule has 0 heterocycles. The third-order valence-electron chi connectivity index (χ3n) is 3.06. The zero-order valence-electron chi connectivity index (χ0n) is 13.8. The lowest BCUT2D eigenvalue weighted by Crippen LogP contribution is -2.42. The Kier molecular flexibility index (Phi) is 8.78. The fourth-order valence-corrected chi connectivity index (χ4v) is 2.08. The normalized spacial score (nSPS) is 10.5. The number of nitrogens with zero attached hydrogens (tertiary/aromatic N) is 1. The van der Waals surface area contributed by atoms with E-state index in [4.69, 9.17) is 4.74 Å². The third kappa shape index (κ3) is 7.41. The van der Waals surface area contributed by atoms with E-state index in [9.17, 15) is 14.4 Å². The highest BCUT2D eigenvalue weighted by molar-refractivity contribution is 9.10. The summed E-state index contributed by atoms with van der Waals surface area (Å²) in [7, 11) is 0. The van der Waals surface area contributed by atoms with Crippen molar-refractivity contribution >= 4 is 39.8 Å². The van der Waals surface area contributed by atoms with Gasteiger partial charge in [-0.1, -0.05) is 28.1 Å². The summed E-state index contributed by atoms with van der Waals surface area (Å²) < 4.78 is 5.86. The summed E-state index contributed by atoms with van der Waals surface area (Å²) in [5, 5.41) is 2.62. The minimum absolute atomic E-state index is 0.0462. The summed E-state index contributed by atoms with van der Waals surface area (Å²) in [5.41, 5.74) is 0.841. The lowest BCUT2D eigenvalue weighted by molar-refractivity contribution is -0.148. The molecule has 1 aromatic rings. The summed E-state index contributed by atoms with van der Waals surface area (Å²) in [6, 6.07) is 7.39. The van der Waals surface area contributed by atoms with Crippen molar-refractivity contribution in [2.45, 2.75) is 13.8 Å². The van der Waals surface area contributed by atoms with Gasteiger partial charge in [0.05, 0.1) is 6.54 Å². The van der Waals surface area contributed by atoms with Crippen LogP contribution in [-0.4, -0.2) is 48.9 Å². The van der Waals surface area contributed by atoms with Gasteiger partial charge in [0.2, 0.25) is 5.91 Å². The number of hydrogen-bond acceptors (Lipinski definition) is 4. The summed E-state index contributed by atoms with van der Waals surface area (Å²) in [4.78, 5) is 36.5. The van der Waals surface area contributed by atoms with Crippen molar-refractivity contribution in [1.82, 2.24) is 10.2 Å². The Morgan fingerprint density at radius 3 is 2.46 bits per heavy atom. The van der Waals surface area contributed by atoms with E-state index in [0.717, 1.165) is 10.0 Å². The molecule has 0 aliphatic carbocycles. The molecule has 2 amide bonds. The predicted octanol–water partition coefficient (Wildman–Crippen LogP) is 1.99. The molecule has 0 atom stereocenters. The SMILES string of the molecule is CCNC(=O)CN(CC)C(=O)COC(=O)/C=C/c1ccc(Br)cc1. The van der Waals surface area contributed by atoms with Crippen LogP contribution in [0.1, 0.15) is 19.4 Å². The van der Waals surface area contributed by atoms with Crippen molar-refractivity contribution in [1.29, 1.82) is 0 Å². The van der Waals surface area contributed by atoms with Gasteiger partial charge in [-0.05, 0) is 37.6 Å². The quantitative estimate of drug-likeness (QED) is 0.538. The molecule has 6 nitrogen and oxygen atoms in total. The molecule has 1 N–H and O–H groups in total. The topological polar surface area (TPSA) is 75.7 Å². The Hall–Kier alpha value is -2.15. The van der Waals surface area contributed by atoms with E-state index < -0.39 is 18.5 Å². The number of esters is 1. The maximum atomic E-state index is 12.0. The van der Waals surface area contributed by atoms with Crippen molar-refractivity contribution in [3.05, 3.63) is 40.4 Å². The van der Waals surface area contributed by atoms with E-state index in [2.05, 4.69) is 21.2 Å². The monoisotopic (exact) mass is 396 g/mol. The molecule has 0 radical (unpaired) electrons. The predicted molar refractivity (Wildman–Crippen MR) is 95.1 cm³/mol. The number of halogens is 1. The number of nitrogens with one attached hydrogen (secondary N) is 1. The van der Waals surface area contributed by atoms with E-state index in [1.165, 1.54) is 11.0 Å². The van der Waals surface area contributed by atoms with E-state index in [1.54, 1.807) is 19.9 Å². The summed E-state index contributed by atoms with van der Waals surface area (Å²) >= 11 is 3.33. The van der Waals surface area contributed by atoms with Gasteiger partial charge in [0.25, 0.3) is 5.91 Å².